The summed E-state index contributed by atoms with van der Waals surface area (Å²) < 4.78 is 9.84. The first-order valence-electron chi connectivity index (χ1n) is 6.93. The Morgan fingerprint density at radius 3 is 2.65 bits per heavy atom. The average molecular weight is 277 g/mol. The Morgan fingerprint density at radius 1 is 1.30 bits per heavy atom. The van der Waals surface area contributed by atoms with E-state index in [1.807, 2.05) is 6.92 Å². The van der Waals surface area contributed by atoms with Crippen molar-refractivity contribution in [3.05, 3.63) is 29.1 Å². The first kappa shape index (κ1) is 14.5. The van der Waals surface area contributed by atoms with E-state index in [0.29, 0.717) is 18.1 Å². The molecule has 1 aromatic heterocycles. The SMILES string of the molecule is CCCCOC(=O)c1cc(C(=O)OC)nc(C2CC2)c1. The molecule has 1 aliphatic rings. The van der Waals surface area contributed by atoms with Crippen molar-refractivity contribution in [2.75, 3.05) is 13.7 Å². The van der Waals surface area contributed by atoms with E-state index in [9.17, 15) is 9.59 Å². The van der Waals surface area contributed by atoms with Gasteiger partial charge in [-0.3, -0.25) is 0 Å². The summed E-state index contributed by atoms with van der Waals surface area (Å²) >= 11 is 0. The van der Waals surface area contributed by atoms with Gasteiger partial charge in [0, 0.05) is 11.6 Å². The highest BCUT2D eigenvalue weighted by Crippen LogP contribution is 2.39. The number of carbonyl (C=O) groups is 2. The fourth-order valence-electron chi connectivity index (χ4n) is 1.86. The molecule has 1 heterocycles. The van der Waals surface area contributed by atoms with E-state index in [1.165, 1.54) is 13.2 Å². The Morgan fingerprint density at radius 2 is 2.05 bits per heavy atom. The van der Waals surface area contributed by atoms with Gasteiger partial charge in [-0.2, -0.15) is 0 Å². The molecule has 0 spiro atoms. The second-order valence-corrected chi connectivity index (χ2v) is 4.92. The van der Waals surface area contributed by atoms with Gasteiger partial charge in [-0.05, 0) is 31.4 Å². The molecule has 0 radical (unpaired) electrons. The Labute approximate surface area is 118 Å². The number of ether oxygens (including phenoxy) is 2. The van der Waals surface area contributed by atoms with E-state index in [2.05, 4.69) is 9.72 Å². The zero-order valence-corrected chi connectivity index (χ0v) is 11.8. The molecule has 1 aliphatic carbocycles. The Bertz CT molecular complexity index is 509. The number of nitrogens with zero attached hydrogens (tertiary/aromatic N) is 1. The summed E-state index contributed by atoms with van der Waals surface area (Å²) in [5.41, 5.74) is 1.31. The molecule has 0 aliphatic heterocycles. The van der Waals surface area contributed by atoms with Crippen molar-refractivity contribution in [1.82, 2.24) is 4.98 Å². The van der Waals surface area contributed by atoms with E-state index in [1.54, 1.807) is 6.07 Å². The monoisotopic (exact) mass is 277 g/mol. The maximum Gasteiger partial charge on any atom is 0.356 e. The molecule has 1 saturated carbocycles. The lowest BCUT2D eigenvalue weighted by Gasteiger charge is -2.08. The number of pyridine rings is 1. The smallest absolute Gasteiger partial charge is 0.356 e. The molecule has 5 heteroatoms. The van der Waals surface area contributed by atoms with Crippen molar-refractivity contribution in [2.24, 2.45) is 0 Å². The third-order valence-corrected chi connectivity index (χ3v) is 3.20. The molecule has 5 nitrogen and oxygen atoms in total. The van der Waals surface area contributed by atoms with Crippen molar-refractivity contribution in [2.45, 2.75) is 38.5 Å². The van der Waals surface area contributed by atoms with Gasteiger partial charge in [-0.15, -0.1) is 0 Å². The zero-order chi connectivity index (χ0) is 14.5. The lowest BCUT2D eigenvalue weighted by molar-refractivity contribution is 0.0499. The summed E-state index contributed by atoms with van der Waals surface area (Å²) in [6, 6.07) is 3.16. The highest BCUT2D eigenvalue weighted by molar-refractivity contribution is 5.94. The number of carbonyl (C=O) groups excluding carboxylic acids is 2. The van der Waals surface area contributed by atoms with E-state index >= 15 is 0 Å². The summed E-state index contributed by atoms with van der Waals surface area (Å²) in [5.74, 6) is -0.593. The van der Waals surface area contributed by atoms with Gasteiger partial charge >= 0.3 is 11.9 Å². The number of esters is 2. The van der Waals surface area contributed by atoms with Crippen molar-refractivity contribution < 1.29 is 19.1 Å². The summed E-state index contributed by atoms with van der Waals surface area (Å²) in [7, 11) is 1.30. The average Bonchev–Trinajstić information content (AvgIpc) is 3.30. The number of aromatic nitrogens is 1. The number of hydrogen-bond donors (Lipinski definition) is 0. The highest BCUT2D eigenvalue weighted by atomic mass is 16.5. The van der Waals surface area contributed by atoms with Gasteiger partial charge in [0.05, 0.1) is 19.3 Å². The number of hydrogen-bond acceptors (Lipinski definition) is 5. The van der Waals surface area contributed by atoms with Gasteiger partial charge < -0.3 is 9.47 Å². The van der Waals surface area contributed by atoms with Crippen molar-refractivity contribution in [3.63, 3.8) is 0 Å². The van der Waals surface area contributed by atoms with Crippen LogP contribution < -0.4 is 0 Å². The summed E-state index contributed by atoms with van der Waals surface area (Å²) in [4.78, 5) is 27.8. The second kappa shape index (κ2) is 6.50. The maximum absolute atomic E-state index is 12.0. The predicted molar refractivity (Wildman–Crippen MR) is 72.7 cm³/mol. The molecule has 0 atom stereocenters. The van der Waals surface area contributed by atoms with Gasteiger partial charge in [-0.1, -0.05) is 13.3 Å². The van der Waals surface area contributed by atoms with Gasteiger partial charge in [0.15, 0.2) is 0 Å². The van der Waals surface area contributed by atoms with Crippen LogP contribution in [0.4, 0.5) is 0 Å². The standard InChI is InChI=1S/C15H19NO4/c1-3-4-7-20-14(17)11-8-12(10-5-6-10)16-13(9-11)15(18)19-2/h8-10H,3-7H2,1-2H3. The molecule has 1 aromatic rings. The Kier molecular flexibility index (Phi) is 4.71. The fraction of sp³-hybridized carbons (Fsp3) is 0.533. The van der Waals surface area contributed by atoms with Crippen LogP contribution in [0.3, 0.4) is 0 Å². The molecule has 0 N–H and O–H groups in total. The third kappa shape index (κ3) is 3.56. The lowest BCUT2D eigenvalue weighted by Crippen LogP contribution is -2.12. The molecular formula is C15H19NO4. The first-order valence-corrected chi connectivity index (χ1v) is 6.93. The van der Waals surface area contributed by atoms with E-state index < -0.39 is 11.9 Å². The van der Waals surface area contributed by atoms with Crippen LogP contribution in [-0.2, 0) is 9.47 Å². The van der Waals surface area contributed by atoms with Crippen LogP contribution in [0.5, 0.6) is 0 Å². The van der Waals surface area contributed by atoms with Crippen LogP contribution in [-0.4, -0.2) is 30.6 Å². The number of methoxy groups -OCH3 is 1. The molecule has 0 unspecified atom stereocenters. The second-order valence-electron chi connectivity index (χ2n) is 4.92. The van der Waals surface area contributed by atoms with Crippen LogP contribution in [0.25, 0.3) is 0 Å². The van der Waals surface area contributed by atoms with E-state index in [0.717, 1.165) is 31.4 Å². The Hall–Kier alpha value is -1.91. The third-order valence-electron chi connectivity index (χ3n) is 3.20. The minimum absolute atomic E-state index is 0.166. The van der Waals surface area contributed by atoms with Gasteiger partial charge in [0.1, 0.15) is 5.69 Å². The number of unbranched alkanes of at least 4 members (excludes halogenated alkanes) is 1. The fourth-order valence-corrected chi connectivity index (χ4v) is 1.86. The van der Waals surface area contributed by atoms with Gasteiger partial charge in [-0.25, -0.2) is 14.6 Å². The van der Waals surface area contributed by atoms with Crippen LogP contribution in [0.2, 0.25) is 0 Å². The minimum atomic E-state index is -0.532. The topological polar surface area (TPSA) is 65.5 Å². The number of rotatable bonds is 6. The maximum atomic E-state index is 12.0. The van der Waals surface area contributed by atoms with Crippen molar-refractivity contribution in [3.8, 4) is 0 Å². The summed E-state index contributed by atoms with van der Waals surface area (Å²) in [6.45, 7) is 2.42. The van der Waals surface area contributed by atoms with E-state index in [4.69, 9.17) is 4.74 Å². The van der Waals surface area contributed by atoms with Crippen LogP contribution in [0.1, 0.15) is 65.1 Å². The predicted octanol–water partition coefficient (Wildman–Crippen LogP) is 2.70. The van der Waals surface area contributed by atoms with Crippen LogP contribution in [0.15, 0.2) is 12.1 Å². The first-order chi connectivity index (χ1) is 9.65. The van der Waals surface area contributed by atoms with Crippen LogP contribution >= 0.6 is 0 Å². The van der Waals surface area contributed by atoms with Gasteiger partial charge in [0.2, 0.25) is 0 Å². The summed E-state index contributed by atoms with van der Waals surface area (Å²) in [6.07, 6.45) is 3.88. The molecule has 0 bridgehead atoms. The molecule has 1 fully saturated rings. The van der Waals surface area contributed by atoms with Crippen molar-refractivity contribution in [1.29, 1.82) is 0 Å². The normalized spacial score (nSPS) is 13.9. The van der Waals surface area contributed by atoms with E-state index in [-0.39, 0.29) is 5.69 Å². The molecule has 0 saturated heterocycles. The quantitative estimate of drug-likeness (QED) is 0.591. The molecule has 20 heavy (non-hydrogen) atoms. The molecule has 0 amide bonds. The Balaban J connectivity index is 2.20. The lowest BCUT2D eigenvalue weighted by atomic mass is 10.1. The zero-order valence-electron chi connectivity index (χ0n) is 11.8. The van der Waals surface area contributed by atoms with Gasteiger partial charge in [0.25, 0.3) is 0 Å². The van der Waals surface area contributed by atoms with Crippen molar-refractivity contribution >= 4 is 11.9 Å². The molecular weight excluding hydrogens is 258 g/mol. The molecule has 0 aromatic carbocycles. The summed E-state index contributed by atoms with van der Waals surface area (Å²) in [5, 5.41) is 0. The largest absolute Gasteiger partial charge is 0.464 e. The van der Waals surface area contributed by atoms with Crippen LogP contribution in [0, 0.1) is 0 Å². The highest BCUT2D eigenvalue weighted by Gasteiger charge is 2.27. The molecule has 2 rings (SSSR count). The molecule has 108 valence electrons. The minimum Gasteiger partial charge on any atom is -0.464 e.